The summed E-state index contributed by atoms with van der Waals surface area (Å²) in [5.74, 6) is -1.29. The van der Waals surface area contributed by atoms with Gasteiger partial charge in [0.05, 0.1) is 0 Å². The van der Waals surface area contributed by atoms with Crippen LogP contribution in [0.1, 0.15) is 15.9 Å². The Balaban J connectivity index is 1.65. The van der Waals surface area contributed by atoms with Gasteiger partial charge in [-0.05, 0) is 40.6 Å². The number of carboxylic acids is 1. The van der Waals surface area contributed by atoms with Crippen molar-refractivity contribution in [1.29, 1.82) is 0 Å². The molecule has 0 bridgehead atoms. The topological polar surface area (TPSA) is 70.8 Å². The third-order valence-electron chi connectivity index (χ3n) is 4.62. The monoisotopic (exact) mass is 359 g/mol. The number of anilines is 1. The first kappa shape index (κ1) is 16.8. The molecular weight excluding hydrogens is 342 g/mol. The van der Waals surface area contributed by atoms with Gasteiger partial charge in [-0.3, -0.25) is 0 Å². The van der Waals surface area contributed by atoms with Gasteiger partial charge >= 0.3 is 11.6 Å². The Labute approximate surface area is 155 Å². The molecule has 0 saturated carbocycles. The summed E-state index contributed by atoms with van der Waals surface area (Å²) in [6, 6.07) is 21.3. The maximum atomic E-state index is 11.8. The molecular formula is C22H17NO4. The maximum Gasteiger partial charge on any atom is 0.351 e. The third kappa shape index (κ3) is 3.27. The zero-order chi connectivity index (χ0) is 19.0. The second-order valence-corrected chi connectivity index (χ2v) is 6.51. The smallest absolute Gasteiger partial charge is 0.351 e. The van der Waals surface area contributed by atoms with Crippen molar-refractivity contribution < 1.29 is 14.3 Å². The minimum Gasteiger partial charge on any atom is -0.477 e. The highest BCUT2D eigenvalue weighted by Crippen LogP contribution is 2.23. The lowest BCUT2D eigenvalue weighted by Gasteiger charge is -2.20. The lowest BCUT2D eigenvalue weighted by Crippen LogP contribution is -2.16. The van der Waals surface area contributed by atoms with Gasteiger partial charge in [-0.1, -0.05) is 36.4 Å². The fourth-order valence-corrected chi connectivity index (χ4v) is 3.19. The van der Waals surface area contributed by atoms with Gasteiger partial charge in [0.1, 0.15) is 11.1 Å². The summed E-state index contributed by atoms with van der Waals surface area (Å²) < 4.78 is 5.19. The Hall–Kier alpha value is -3.60. The first-order valence-corrected chi connectivity index (χ1v) is 8.51. The van der Waals surface area contributed by atoms with Crippen molar-refractivity contribution in [1.82, 2.24) is 0 Å². The summed E-state index contributed by atoms with van der Waals surface area (Å²) in [4.78, 5) is 24.9. The minimum atomic E-state index is -1.29. The normalized spacial score (nSPS) is 11.0. The van der Waals surface area contributed by atoms with Crippen LogP contribution >= 0.6 is 0 Å². The van der Waals surface area contributed by atoms with Gasteiger partial charge in [-0.15, -0.1) is 0 Å². The van der Waals surface area contributed by atoms with E-state index in [9.17, 15) is 9.59 Å². The zero-order valence-electron chi connectivity index (χ0n) is 14.7. The van der Waals surface area contributed by atoms with Crippen LogP contribution in [0.15, 0.2) is 75.9 Å². The lowest BCUT2D eigenvalue weighted by atomic mass is 10.1. The number of rotatable bonds is 4. The van der Waals surface area contributed by atoms with Crippen molar-refractivity contribution >= 4 is 33.4 Å². The van der Waals surface area contributed by atoms with Crippen LogP contribution in [0.2, 0.25) is 0 Å². The molecule has 0 spiro atoms. The quantitative estimate of drug-likeness (QED) is 0.551. The third-order valence-corrected chi connectivity index (χ3v) is 4.62. The standard InChI is InChI=1S/C22H17NO4/c1-23(13-14-6-7-15-4-2-3-5-16(15)10-14)18-9-8-17-11-19(21(24)25)22(26)27-20(17)12-18/h2-12H,13H2,1H3,(H,24,25). The molecule has 4 aromatic rings. The van der Waals surface area contributed by atoms with Gasteiger partial charge < -0.3 is 14.4 Å². The molecule has 0 aliphatic carbocycles. The number of hydrogen-bond acceptors (Lipinski definition) is 4. The molecule has 3 aromatic carbocycles. The Morgan fingerprint density at radius 2 is 1.70 bits per heavy atom. The molecule has 0 aliphatic rings. The Morgan fingerprint density at radius 1 is 0.963 bits per heavy atom. The summed E-state index contributed by atoms with van der Waals surface area (Å²) in [5, 5.41) is 12.0. The number of nitrogens with zero attached hydrogens (tertiary/aromatic N) is 1. The van der Waals surface area contributed by atoms with Crippen molar-refractivity contribution in [3.05, 3.63) is 88.3 Å². The summed E-state index contributed by atoms with van der Waals surface area (Å²) in [5.41, 5.74) is 1.21. The van der Waals surface area contributed by atoms with E-state index >= 15 is 0 Å². The van der Waals surface area contributed by atoms with Crippen LogP contribution in [0.5, 0.6) is 0 Å². The Morgan fingerprint density at radius 3 is 2.48 bits per heavy atom. The van der Waals surface area contributed by atoms with E-state index < -0.39 is 11.6 Å². The number of carbonyl (C=O) groups is 1. The predicted molar refractivity (Wildman–Crippen MR) is 105 cm³/mol. The van der Waals surface area contributed by atoms with Crippen LogP contribution < -0.4 is 10.5 Å². The fraction of sp³-hybridized carbons (Fsp3) is 0.0909. The Kier molecular flexibility index (Phi) is 4.12. The summed E-state index contributed by atoms with van der Waals surface area (Å²) in [7, 11) is 1.96. The molecule has 4 rings (SSSR count). The molecule has 0 fully saturated rings. The summed E-state index contributed by atoms with van der Waals surface area (Å²) in [6.45, 7) is 0.688. The van der Waals surface area contributed by atoms with E-state index in [1.807, 2.05) is 25.2 Å². The molecule has 1 aromatic heterocycles. The molecule has 0 aliphatic heterocycles. The zero-order valence-corrected chi connectivity index (χ0v) is 14.7. The van der Waals surface area contributed by atoms with Crippen LogP contribution in [-0.2, 0) is 6.54 Å². The van der Waals surface area contributed by atoms with Crippen molar-refractivity contribution in [2.45, 2.75) is 6.54 Å². The van der Waals surface area contributed by atoms with E-state index in [0.29, 0.717) is 17.5 Å². The molecule has 5 nitrogen and oxygen atoms in total. The molecule has 5 heteroatoms. The summed E-state index contributed by atoms with van der Waals surface area (Å²) >= 11 is 0. The van der Waals surface area contributed by atoms with Gasteiger partial charge in [0.2, 0.25) is 0 Å². The molecule has 134 valence electrons. The Bertz CT molecular complexity index is 1230. The first-order valence-electron chi connectivity index (χ1n) is 8.51. The fourth-order valence-electron chi connectivity index (χ4n) is 3.19. The van der Waals surface area contributed by atoms with E-state index in [0.717, 1.165) is 5.69 Å². The highest BCUT2D eigenvalue weighted by molar-refractivity contribution is 5.92. The van der Waals surface area contributed by atoms with E-state index in [-0.39, 0.29) is 5.56 Å². The van der Waals surface area contributed by atoms with Crippen LogP contribution in [0.4, 0.5) is 5.69 Å². The number of aromatic carboxylic acids is 1. The van der Waals surface area contributed by atoms with Crippen molar-refractivity contribution in [2.75, 3.05) is 11.9 Å². The summed E-state index contributed by atoms with van der Waals surface area (Å²) in [6.07, 6.45) is 0. The van der Waals surface area contributed by atoms with Gasteiger partial charge in [0.25, 0.3) is 0 Å². The number of benzene rings is 3. The first-order chi connectivity index (χ1) is 13.0. The molecule has 0 amide bonds. The highest BCUT2D eigenvalue weighted by Gasteiger charge is 2.13. The second-order valence-electron chi connectivity index (χ2n) is 6.51. The molecule has 1 N–H and O–H groups in total. The largest absolute Gasteiger partial charge is 0.477 e. The van der Waals surface area contributed by atoms with Crippen LogP contribution in [0.25, 0.3) is 21.7 Å². The average Bonchev–Trinajstić information content (AvgIpc) is 2.66. The second kappa shape index (κ2) is 6.61. The minimum absolute atomic E-state index is 0.361. The van der Waals surface area contributed by atoms with Crippen LogP contribution in [-0.4, -0.2) is 18.1 Å². The van der Waals surface area contributed by atoms with E-state index in [1.165, 1.54) is 22.4 Å². The van der Waals surface area contributed by atoms with Crippen LogP contribution in [0.3, 0.4) is 0 Å². The maximum absolute atomic E-state index is 11.8. The van der Waals surface area contributed by atoms with E-state index in [1.54, 1.807) is 12.1 Å². The van der Waals surface area contributed by atoms with Gasteiger partial charge in [-0.2, -0.15) is 0 Å². The van der Waals surface area contributed by atoms with Crippen LogP contribution in [0, 0.1) is 0 Å². The molecule has 1 heterocycles. The van der Waals surface area contributed by atoms with Gasteiger partial charge in [-0.25, -0.2) is 9.59 Å². The molecule has 0 saturated heterocycles. The van der Waals surface area contributed by atoms with Crippen molar-refractivity contribution in [2.24, 2.45) is 0 Å². The van der Waals surface area contributed by atoms with Gasteiger partial charge in [0.15, 0.2) is 0 Å². The van der Waals surface area contributed by atoms with E-state index in [4.69, 9.17) is 9.52 Å². The number of fused-ring (bicyclic) bond motifs is 2. The predicted octanol–water partition coefficient (Wildman–Crippen LogP) is 4.28. The SMILES string of the molecule is CN(Cc1ccc2ccccc2c1)c1ccc2cc(C(=O)O)c(=O)oc2c1. The number of carboxylic acid groups (broad SMARTS) is 1. The lowest BCUT2D eigenvalue weighted by molar-refractivity contribution is 0.0692. The van der Waals surface area contributed by atoms with Gasteiger partial charge in [0, 0.05) is 30.7 Å². The van der Waals surface area contributed by atoms with Crippen molar-refractivity contribution in [3.63, 3.8) is 0 Å². The average molecular weight is 359 g/mol. The molecule has 0 unspecified atom stereocenters. The molecule has 0 atom stereocenters. The van der Waals surface area contributed by atoms with Crippen molar-refractivity contribution in [3.8, 4) is 0 Å². The highest BCUT2D eigenvalue weighted by atomic mass is 16.4. The van der Waals surface area contributed by atoms with E-state index in [2.05, 4.69) is 35.2 Å². The number of hydrogen-bond donors (Lipinski definition) is 1. The molecule has 27 heavy (non-hydrogen) atoms. The molecule has 0 radical (unpaired) electrons.